The van der Waals surface area contributed by atoms with Crippen molar-refractivity contribution in [3.05, 3.63) is 95.3 Å². The Balaban J connectivity index is 0.994. The molecule has 3 aromatic rings. The fourth-order valence-electron chi connectivity index (χ4n) is 7.67. The summed E-state index contributed by atoms with van der Waals surface area (Å²) in [6.07, 6.45) is -16.2. The largest absolute Gasteiger partial charge is 0.478 e. The second-order valence-corrected chi connectivity index (χ2v) is 16.1. The minimum absolute atomic E-state index is 0.00640. The number of carbonyl (C=O) groups is 3. The summed E-state index contributed by atoms with van der Waals surface area (Å²) in [6.45, 7) is -1.97. The van der Waals surface area contributed by atoms with Crippen molar-refractivity contribution in [1.29, 1.82) is 0 Å². The van der Waals surface area contributed by atoms with Gasteiger partial charge >= 0.3 is 5.97 Å². The molecule has 3 heterocycles. The first-order valence-corrected chi connectivity index (χ1v) is 20.5. The lowest BCUT2D eigenvalue weighted by Gasteiger charge is -2.45. The molecular weight excluding hydrogens is 853 g/mol. The molecule has 2 amide bonds. The van der Waals surface area contributed by atoms with Gasteiger partial charge in [-0.25, -0.2) is 9.37 Å². The molecule has 7 rings (SSSR count). The second kappa shape index (κ2) is 19.6. The molecule has 2 saturated heterocycles. The van der Waals surface area contributed by atoms with Crippen LogP contribution < -0.4 is 30.2 Å². The van der Waals surface area contributed by atoms with Crippen LogP contribution in [0, 0.1) is 0 Å². The molecule has 3 aliphatic heterocycles. The summed E-state index contributed by atoms with van der Waals surface area (Å²) >= 11 is 0. The molecule has 65 heavy (non-hydrogen) atoms. The Labute approximate surface area is 371 Å². The Morgan fingerprint density at radius 2 is 1.43 bits per heavy atom. The number of aliphatic hydroxyl groups is 7. The number of aromatic carboxylic acids is 1. The molecule has 20 heteroatoms. The number of hydrogen-bond acceptors (Lipinski definition) is 16. The Kier molecular flexibility index (Phi) is 14.2. The average Bonchev–Trinajstić information content (AvgIpc) is 3.29. The zero-order valence-electron chi connectivity index (χ0n) is 35.6. The summed E-state index contributed by atoms with van der Waals surface area (Å²) in [7, 11) is 7.60. The number of fused-ring (bicyclic) bond motifs is 2. The van der Waals surface area contributed by atoms with E-state index < -0.39 is 99.0 Å². The van der Waals surface area contributed by atoms with Crippen LogP contribution in [0.15, 0.2) is 83.3 Å². The Bertz CT molecular complexity index is 2580. The van der Waals surface area contributed by atoms with Gasteiger partial charge in [-0.2, -0.15) is 0 Å². The van der Waals surface area contributed by atoms with Crippen molar-refractivity contribution in [3.8, 4) is 28.2 Å². The van der Waals surface area contributed by atoms with E-state index >= 15 is 0 Å². The number of benzene rings is 4. The van der Waals surface area contributed by atoms with Crippen LogP contribution in [-0.4, -0.2) is 168 Å². The number of carboxylic acids is 1. The highest BCUT2D eigenvalue weighted by atomic mass is 16.7. The minimum atomic E-state index is -1.82. The Morgan fingerprint density at radius 3 is 2.09 bits per heavy atom. The number of carbonyl (C=O) groups excluding carboxylic acids is 2. The van der Waals surface area contributed by atoms with Gasteiger partial charge in [0.05, 0.1) is 31.4 Å². The number of carboxylic acid groups (broad SMARTS) is 1. The van der Waals surface area contributed by atoms with E-state index in [1.165, 1.54) is 36.4 Å². The van der Waals surface area contributed by atoms with E-state index in [0.717, 1.165) is 11.0 Å². The summed E-state index contributed by atoms with van der Waals surface area (Å²) in [5.41, 5.74) is 3.20. The third kappa shape index (κ3) is 9.82. The maximum absolute atomic E-state index is 13.3. The van der Waals surface area contributed by atoms with Crippen LogP contribution in [0.25, 0.3) is 33.4 Å². The molecule has 10 atom stereocenters. The summed E-state index contributed by atoms with van der Waals surface area (Å²) < 4.78 is 30.5. The summed E-state index contributed by atoms with van der Waals surface area (Å²) in [4.78, 5) is 41.0. The molecule has 4 aliphatic rings. The first-order valence-electron chi connectivity index (χ1n) is 20.5. The van der Waals surface area contributed by atoms with Gasteiger partial charge in [0.2, 0.25) is 17.6 Å². The lowest BCUT2D eigenvalue weighted by molar-refractivity contribution is -0.352. The van der Waals surface area contributed by atoms with E-state index in [-0.39, 0.29) is 22.6 Å². The monoisotopic (exact) mass is 903 g/mol. The van der Waals surface area contributed by atoms with Crippen LogP contribution in [0.4, 0.5) is 11.4 Å². The van der Waals surface area contributed by atoms with Gasteiger partial charge in [-0.15, -0.1) is 0 Å². The molecule has 10 N–H and O–H groups in total. The van der Waals surface area contributed by atoms with Crippen molar-refractivity contribution in [2.45, 2.75) is 61.4 Å². The first kappa shape index (κ1) is 46.9. The van der Waals surface area contributed by atoms with Crippen LogP contribution in [0.3, 0.4) is 0 Å². The van der Waals surface area contributed by atoms with Gasteiger partial charge in [-0.1, -0.05) is 6.07 Å². The number of hydrogen-bond donors (Lipinski definition) is 10. The van der Waals surface area contributed by atoms with Gasteiger partial charge in [-0.05, 0) is 60.2 Å². The van der Waals surface area contributed by atoms with Gasteiger partial charge in [0.1, 0.15) is 80.0 Å². The van der Waals surface area contributed by atoms with Gasteiger partial charge in [0.25, 0.3) is 5.91 Å². The molecule has 1 aliphatic carbocycles. The minimum Gasteiger partial charge on any atom is -0.478 e. The maximum Gasteiger partial charge on any atom is 0.336 e. The highest BCUT2D eigenvalue weighted by Crippen LogP contribution is 2.42. The molecule has 346 valence electrons. The number of nitrogens with one attached hydrogen (secondary N) is 2. The third-order valence-electron chi connectivity index (χ3n) is 11.3. The van der Waals surface area contributed by atoms with Crippen molar-refractivity contribution in [2.24, 2.45) is 0 Å². The lowest BCUT2D eigenvalue weighted by Crippen LogP contribution is -2.65. The van der Waals surface area contributed by atoms with E-state index in [1.807, 2.05) is 74.1 Å². The van der Waals surface area contributed by atoms with Crippen LogP contribution in [-0.2, 0) is 19.0 Å². The third-order valence-corrected chi connectivity index (χ3v) is 11.3. The number of ether oxygens (including phenoxy) is 4. The number of aliphatic hydroxyl groups excluding tert-OH is 7. The molecule has 0 spiro atoms. The molecular formula is C45H51N4O16+. The van der Waals surface area contributed by atoms with E-state index in [4.69, 9.17) is 23.4 Å². The average molecular weight is 904 g/mol. The number of nitrogens with zero attached hydrogens (tertiary/aromatic N) is 2. The maximum atomic E-state index is 13.3. The molecule has 3 aromatic carbocycles. The summed E-state index contributed by atoms with van der Waals surface area (Å²) in [5, 5.41) is 88.8. The van der Waals surface area contributed by atoms with Crippen molar-refractivity contribution < 1.29 is 78.6 Å². The predicted octanol–water partition coefficient (Wildman–Crippen LogP) is -0.628. The number of anilines is 2. The van der Waals surface area contributed by atoms with Crippen molar-refractivity contribution >= 4 is 40.1 Å². The first-order chi connectivity index (χ1) is 31.0. The molecule has 0 radical (unpaired) electrons. The standard InChI is InChI=1S/C45H50N4O16/c1-48(2)23-8-13-27-30(16-23)62-31-17-24(49(3)4)9-14-28(31)35(27)26-12-5-21(15-29(26)43(59)60)42(58)46-18-34(52)47-22-6-10-25(11-7-22)61-44-40(57)38(55)41(33(20-51)64-44)65-45-39(56)37(54)36(53)32(19-50)63-45/h5-17,32-33,36-41,44-45,50-51,53-57H,18-20H2,1-4H3,(H2-,46,47,52,58,59,60)/p+1/t32-,33-,36+,37+,38-,39-,40-,41-,44-,45+/m1/s1. The van der Waals surface area contributed by atoms with Crippen LogP contribution in [0.1, 0.15) is 20.7 Å². The predicted molar refractivity (Wildman–Crippen MR) is 231 cm³/mol. The zero-order valence-corrected chi connectivity index (χ0v) is 35.6. The fourth-order valence-corrected chi connectivity index (χ4v) is 7.67. The van der Waals surface area contributed by atoms with E-state index in [9.17, 15) is 55.2 Å². The van der Waals surface area contributed by atoms with Gasteiger partial charge in [-0.3, -0.25) is 9.59 Å². The van der Waals surface area contributed by atoms with Crippen LogP contribution in [0.2, 0.25) is 0 Å². The highest BCUT2D eigenvalue weighted by molar-refractivity contribution is 6.09. The normalized spacial score (nSPS) is 25.5. The highest BCUT2D eigenvalue weighted by Gasteiger charge is 2.51. The molecule has 0 saturated carbocycles. The van der Waals surface area contributed by atoms with Gasteiger partial charge in [0.15, 0.2) is 6.29 Å². The smallest absolute Gasteiger partial charge is 0.336 e. The Morgan fingerprint density at radius 1 is 0.754 bits per heavy atom. The number of rotatable bonds is 13. The topological polar surface area (TPSA) is 293 Å². The van der Waals surface area contributed by atoms with Crippen molar-refractivity contribution in [2.75, 3.05) is 58.2 Å². The molecule has 0 aromatic heterocycles. The SMILES string of the molecule is CN(C)c1ccc2c(-c3ccc(C(=O)NCC(=O)Nc4ccc(O[C@@H]5O[C@H](CO)[C@@H](O[C@@H]6O[C@H](CO)[C@H](O)[C@H](O)[C@H]6O)[C@H](O)[C@H]5O)cc4)cc3C(=O)O)c3ccc(=[N+](C)C)cc-3oc2c1. The lowest BCUT2D eigenvalue weighted by atomic mass is 9.89. The van der Waals surface area contributed by atoms with Gasteiger partial charge < -0.3 is 79.8 Å². The Hall–Kier alpha value is -6.04. The zero-order chi connectivity index (χ0) is 46.9. The second-order valence-electron chi connectivity index (χ2n) is 16.1. The number of amides is 2. The van der Waals surface area contributed by atoms with Crippen molar-refractivity contribution in [3.63, 3.8) is 0 Å². The van der Waals surface area contributed by atoms with E-state index in [2.05, 4.69) is 10.6 Å². The molecule has 0 unspecified atom stereocenters. The molecule has 20 nitrogen and oxygen atoms in total. The summed E-state index contributed by atoms with van der Waals surface area (Å²) in [5.74, 6) is -1.94. The van der Waals surface area contributed by atoms with Crippen LogP contribution >= 0.6 is 0 Å². The van der Waals surface area contributed by atoms with Crippen LogP contribution in [0.5, 0.6) is 5.75 Å². The van der Waals surface area contributed by atoms with Crippen molar-refractivity contribution in [1.82, 2.24) is 9.89 Å². The molecule has 0 bridgehead atoms. The molecule has 2 fully saturated rings. The fraction of sp³-hybridized carbons (Fsp3) is 0.378. The van der Waals surface area contributed by atoms with E-state index in [1.54, 1.807) is 6.07 Å². The quantitative estimate of drug-likeness (QED) is 0.0520. The van der Waals surface area contributed by atoms with Gasteiger partial charge in [0, 0.05) is 59.7 Å². The summed E-state index contributed by atoms with van der Waals surface area (Å²) in [6, 6.07) is 21.3. The van der Waals surface area contributed by atoms with E-state index in [0.29, 0.717) is 33.4 Å².